The number of nitrogens with zero attached hydrogens (tertiary/aromatic N) is 4. The largest absolute Gasteiger partial charge is 0.490 e. The third kappa shape index (κ3) is 12.8. The lowest BCUT2D eigenvalue weighted by atomic mass is 9.86. The molecule has 2 aromatic heterocycles. The molecule has 11 nitrogen and oxygen atoms in total. The first-order chi connectivity index (χ1) is 20.1. The molecule has 0 saturated carbocycles. The fourth-order valence-corrected chi connectivity index (χ4v) is 3.80. The van der Waals surface area contributed by atoms with Crippen molar-refractivity contribution in [1.82, 2.24) is 14.9 Å². The van der Waals surface area contributed by atoms with Crippen molar-refractivity contribution in [2.24, 2.45) is 5.41 Å². The number of pyridine rings is 2. The van der Waals surface area contributed by atoms with Gasteiger partial charge in [0.05, 0.1) is 0 Å². The molecule has 44 heavy (non-hydrogen) atoms. The Hall–Kier alpha value is -4.49. The van der Waals surface area contributed by atoms with Gasteiger partial charge in [-0.3, -0.25) is 19.6 Å². The molecule has 0 bridgehead atoms. The van der Waals surface area contributed by atoms with E-state index in [1.54, 1.807) is 6.20 Å². The lowest BCUT2D eigenvalue weighted by Gasteiger charge is -2.24. The number of hydrogen-bond acceptors (Lipinski definition) is 7. The highest BCUT2D eigenvalue weighted by molar-refractivity contribution is 5.95. The molecule has 0 radical (unpaired) electrons. The number of carbonyl (C=O) groups is 4. The number of alkyl halides is 9. The number of anilines is 1. The molecule has 1 amide bonds. The molecule has 2 aliphatic heterocycles. The molecule has 2 saturated heterocycles. The summed E-state index contributed by atoms with van der Waals surface area (Å²) >= 11 is 0. The van der Waals surface area contributed by atoms with Crippen molar-refractivity contribution < 1.29 is 74.0 Å². The van der Waals surface area contributed by atoms with E-state index in [0.29, 0.717) is 6.42 Å². The second-order valence-electron chi connectivity index (χ2n) is 9.07. The zero-order chi connectivity index (χ0) is 33.9. The van der Waals surface area contributed by atoms with Crippen molar-refractivity contribution in [3.05, 3.63) is 54.5 Å². The molecular formula is C24H23F9N4O7. The van der Waals surface area contributed by atoms with Gasteiger partial charge in [0.25, 0.3) is 0 Å². The van der Waals surface area contributed by atoms with E-state index in [1.807, 2.05) is 35.5 Å². The van der Waals surface area contributed by atoms with Crippen molar-refractivity contribution in [2.75, 3.05) is 24.5 Å². The summed E-state index contributed by atoms with van der Waals surface area (Å²) in [4.78, 5) is 51.9. The Bertz CT molecular complexity index is 1200. The van der Waals surface area contributed by atoms with Gasteiger partial charge in [0, 0.05) is 50.1 Å². The molecule has 2 fully saturated rings. The molecule has 244 valence electrons. The quantitative estimate of drug-likeness (QED) is 0.414. The van der Waals surface area contributed by atoms with E-state index in [0.717, 1.165) is 38.4 Å². The fourth-order valence-electron chi connectivity index (χ4n) is 3.80. The van der Waals surface area contributed by atoms with E-state index >= 15 is 0 Å². The minimum absolute atomic E-state index is 0.0850. The lowest BCUT2D eigenvalue weighted by molar-refractivity contribution is -0.193. The molecule has 4 rings (SSSR count). The van der Waals surface area contributed by atoms with Gasteiger partial charge in [0.2, 0.25) is 5.91 Å². The molecule has 1 spiro atoms. The number of carbonyl (C=O) groups excluding carboxylic acids is 1. The van der Waals surface area contributed by atoms with Crippen LogP contribution in [0.15, 0.2) is 48.9 Å². The number of hydrogen-bond donors (Lipinski definition) is 3. The zero-order valence-electron chi connectivity index (χ0n) is 22.0. The number of carboxylic acid groups (broad SMARTS) is 3. The Kier molecular flexibility index (Phi) is 13.1. The summed E-state index contributed by atoms with van der Waals surface area (Å²) in [6.07, 6.45) is -8.12. The first kappa shape index (κ1) is 37.5. The molecule has 2 aromatic rings. The van der Waals surface area contributed by atoms with Crippen molar-refractivity contribution in [1.29, 1.82) is 0 Å². The summed E-state index contributed by atoms with van der Waals surface area (Å²) in [6, 6.07) is 9.85. The maximum atomic E-state index is 12.5. The SMILES string of the molecule is O=C(O)C(F)(F)F.O=C(O)C(F)(F)F.O=C(O)C(F)(F)F.O=C1CC2(CCN(Cc3ccncc3)C2)CN1c1ccccn1. The summed E-state index contributed by atoms with van der Waals surface area (Å²) in [5.41, 5.74) is 1.37. The average molecular weight is 650 g/mol. The highest BCUT2D eigenvalue weighted by Crippen LogP contribution is 2.41. The number of amides is 1. The first-order valence-electron chi connectivity index (χ1n) is 11.8. The number of halogens is 9. The Morgan fingerprint density at radius 2 is 1.25 bits per heavy atom. The number of aromatic nitrogens is 2. The Morgan fingerprint density at radius 1 is 0.773 bits per heavy atom. The van der Waals surface area contributed by atoms with Crippen LogP contribution in [0.1, 0.15) is 18.4 Å². The van der Waals surface area contributed by atoms with Crippen LogP contribution >= 0.6 is 0 Å². The van der Waals surface area contributed by atoms with Crippen molar-refractivity contribution in [2.45, 2.75) is 37.9 Å². The fraction of sp³-hybridized carbons (Fsp3) is 0.417. The van der Waals surface area contributed by atoms with Crippen molar-refractivity contribution in [3.8, 4) is 0 Å². The van der Waals surface area contributed by atoms with Gasteiger partial charge in [0.1, 0.15) is 5.82 Å². The third-order valence-corrected chi connectivity index (χ3v) is 5.65. The second kappa shape index (κ2) is 15.3. The van der Waals surface area contributed by atoms with Gasteiger partial charge in [0.15, 0.2) is 0 Å². The molecule has 0 aromatic carbocycles. The molecule has 2 aliphatic rings. The number of carboxylic acids is 3. The molecular weight excluding hydrogens is 627 g/mol. The van der Waals surface area contributed by atoms with Crippen LogP contribution < -0.4 is 4.90 Å². The molecule has 4 heterocycles. The minimum atomic E-state index is -5.08. The highest BCUT2D eigenvalue weighted by Gasteiger charge is 2.48. The number of aliphatic carboxylic acids is 3. The predicted octanol–water partition coefficient (Wildman–Crippen LogP) is 4.01. The summed E-state index contributed by atoms with van der Waals surface area (Å²) in [5, 5.41) is 21.4. The highest BCUT2D eigenvalue weighted by atomic mass is 19.4. The molecule has 3 N–H and O–H groups in total. The van der Waals surface area contributed by atoms with Crippen molar-refractivity contribution in [3.63, 3.8) is 0 Å². The Morgan fingerprint density at radius 3 is 1.66 bits per heavy atom. The van der Waals surface area contributed by atoms with Gasteiger partial charge in [-0.25, -0.2) is 19.4 Å². The van der Waals surface area contributed by atoms with Crippen LogP contribution in [0.3, 0.4) is 0 Å². The molecule has 0 aliphatic carbocycles. The van der Waals surface area contributed by atoms with Crippen LogP contribution in [0.4, 0.5) is 45.3 Å². The monoisotopic (exact) mass is 650 g/mol. The molecule has 1 unspecified atom stereocenters. The van der Waals surface area contributed by atoms with Crippen LogP contribution in [0, 0.1) is 5.41 Å². The number of rotatable bonds is 3. The van der Waals surface area contributed by atoms with Gasteiger partial charge < -0.3 is 15.3 Å². The number of likely N-dealkylation sites (tertiary alicyclic amines) is 1. The van der Waals surface area contributed by atoms with Crippen LogP contribution in [-0.2, 0) is 25.7 Å². The maximum absolute atomic E-state index is 12.5. The Labute approximate surface area is 241 Å². The maximum Gasteiger partial charge on any atom is 0.490 e. The normalized spacial score (nSPS) is 18.3. The lowest BCUT2D eigenvalue weighted by Crippen LogP contribution is -2.31. The van der Waals surface area contributed by atoms with Gasteiger partial charge in [-0.2, -0.15) is 39.5 Å². The van der Waals surface area contributed by atoms with Gasteiger partial charge in [-0.1, -0.05) is 6.07 Å². The summed E-state index contributed by atoms with van der Waals surface area (Å²) in [6.45, 7) is 3.74. The van der Waals surface area contributed by atoms with Gasteiger partial charge in [-0.05, 0) is 42.8 Å². The van der Waals surface area contributed by atoms with Crippen LogP contribution in [0.5, 0.6) is 0 Å². The summed E-state index contributed by atoms with van der Waals surface area (Å²) < 4.78 is 95.2. The molecule has 1 atom stereocenters. The molecule has 20 heteroatoms. The zero-order valence-corrected chi connectivity index (χ0v) is 22.0. The second-order valence-corrected chi connectivity index (χ2v) is 9.07. The predicted molar refractivity (Wildman–Crippen MR) is 129 cm³/mol. The van der Waals surface area contributed by atoms with Crippen LogP contribution in [0.25, 0.3) is 0 Å². The van der Waals surface area contributed by atoms with E-state index in [1.165, 1.54) is 5.56 Å². The van der Waals surface area contributed by atoms with E-state index in [2.05, 4.69) is 27.0 Å². The van der Waals surface area contributed by atoms with Crippen molar-refractivity contribution >= 4 is 29.6 Å². The van der Waals surface area contributed by atoms with E-state index in [-0.39, 0.29) is 11.3 Å². The van der Waals surface area contributed by atoms with Crippen LogP contribution in [0.2, 0.25) is 0 Å². The summed E-state index contributed by atoms with van der Waals surface area (Å²) in [7, 11) is 0. The smallest absolute Gasteiger partial charge is 0.475 e. The summed E-state index contributed by atoms with van der Waals surface area (Å²) in [5.74, 6) is -7.29. The van der Waals surface area contributed by atoms with E-state index in [9.17, 15) is 44.3 Å². The Balaban J connectivity index is 0.000000379. The average Bonchev–Trinajstić information content (AvgIpc) is 3.45. The van der Waals surface area contributed by atoms with Gasteiger partial charge in [-0.15, -0.1) is 0 Å². The third-order valence-electron chi connectivity index (χ3n) is 5.65. The minimum Gasteiger partial charge on any atom is -0.475 e. The standard InChI is InChI=1S/C18H20N4O.3C2HF3O2/c23-17-11-18(14-22(17)16-3-1-2-7-20-16)6-10-21(13-18)12-15-4-8-19-9-5-15;3*3-2(4,5)1(6)7/h1-5,7-9H,6,10-14H2;3*(H,6,7). The first-order valence-corrected chi connectivity index (χ1v) is 11.8. The van der Waals surface area contributed by atoms with E-state index in [4.69, 9.17) is 29.7 Å². The van der Waals surface area contributed by atoms with E-state index < -0.39 is 36.4 Å². The topological polar surface area (TPSA) is 161 Å². The van der Waals surface area contributed by atoms with Crippen LogP contribution in [-0.4, -0.2) is 92.2 Å². The van der Waals surface area contributed by atoms with Gasteiger partial charge >= 0.3 is 36.4 Å².